The van der Waals surface area contributed by atoms with Gasteiger partial charge in [-0.2, -0.15) is 0 Å². The Kier molecular flexibility index (Phi) is 6.80. The number of methoxy groups -OCH3 is 2. The summed E-state index contributed by atoms with van der Waals surface area (Å²) in [4.78, 5) is -0.0345. The number of sulfonamides is 1. The molecule has 8 nitrogen and oxygen atoms in total. The molecule has 10 heteroatoms. The third kappa shape index (κ3) is 5.22. The molecular formula is C20H20FN3O5S. The topological polar surface area (TPSA) is 99.6 Å². The molecule has 3 rings (SSSR count). The summed E-state index contributed by atoms with van der Waals surface area (Å²) >= 11 is 0. The fourth-order valence-corrected chi connectivity index (χ4v) is 3.77. The molecule has 0 fully saturated rings. The predicted molar refractivity (Wildman–Crippen MR) is 108 cm³/mol. The first-order chi connectivity index (χ1) is 14.4. The highest BCUT2D eigenvalue weighted by Crippen LogP contribution is 2.27. The second-order valence-corrected chi connectivity index (χ2v) is 7.76. The lowest BCUT2D eigenvalue weighted by atomic mass is 10.1. The fraction of sp³-hybridized carbons (Fsp3) is 0.200. The van der Waals surface area contributed by atoms with E-state index in [-0.39, 0.29) is 35.5 Å². The molecule has 0 atom stereocenters. The van der Waals surface area contributed by atoms with E-state index in [1.165, 1.54) is 38.5 Å². The van der Waals surface area contributed by atoms with Crippen molar-refractivity contribution in [3.8, 4) is 28.6 Å². The molecule has 0 aliphatic heterocycles. The van der Waals surface area contributed by atoms with E-state index in [4.69, 9.17) is 14.2 Å². The molecule has 0 amide bonds. The highest BCUT2D eigenvalue weighted by molar-refractivity contribution is 7.89. The van der Waals surface area contributed by atoms with Crippen molar-refractivity contribution in [2.75, 3.05) is 27.4 Å². The molecule has 158 valence electrons. The minimum Gasteiger partial charge on any atom is -0.497 e. The third-order valence-corrected chi connectivity index (χ3v) is 5.57. The number of ether oxygens (including phenoxy) is 3. The van der Waals surface area contributed by atoms with E-state index >= 15 is 0 Å². The van der Waals surface area contributed by atoms with E-state index in [2.05, 4.69) is 14.9 Å². The summed E-state index contributed by atoms with van der Waals surface area (Å²) in [5, 5.41) is 7.97. The van der Waals surface area contributed by atoms with Gasteiger partial charge in [-0.25, -0.2) is 17.5 Å². The van der Waals surface area contributed by atoms with Crippen LogP contribution in [0.15, 0.2) is 59.5 Å². The number of benzene rings is 2. The van der Waals surface area contributed by atoms with Crippen LogP contribution in [0.25, 0.3) is 11.3 Å². The van der Waals surface area contributed by atoms with Gasteiger partial charge in [0.15, 0.2) is 0 Å². The Morgan fingerprint density at radius 2 is 1.73 bits per heavy atom. The van der Waals surface area contributed by atoms with Crippen molar-refractivity contribution in [1.29, 1.82) is 0 Å². The molecule has 0 spiro atoms. The molecule has 1 heterocycles. The molecule has 30 heavy (non-hydrogen) atoms. The second-order valence-electron chi connectivity index (χ2n) is 6.03. The molecule has 0 radical (unpaired) electrons. The van der Waals surface area contributed by atoms with Crippen LogP contribution >= 0.6 is 0 Å². The maximum Gasteiger partial charge on any atom is 0.244 e. The molecule has 1 aromatic heterocycles. The van der Waals surface area contributed by atoms with Crippen molar-refractivity contribution in [1.82, 2.24) is 14.9 Å². The van der Waals surface area contributed by atoms with Crippen LogP contribution in [0, 0.1) is 5.82 Å². The zero-order chi connectivity index (χ0) is 21.6. The van der Waals surface area contributed by atoms with Crippen LogP contribution < -0.4 is 18.9 Å². The highest BCUT2D eigenvalue weighted by Gasteiger charge is 2.20. The number of hydrogen-bond donors (Lipinski definition) is 1. The van der Waals surface area contributed by atoms with E-state index in [1.54, 1.807) is 30.3 Å². The average Bonchev–Trinajstić information content (AvgIpc) is 2.77. The van der Waals surface area contributed by atoms with Gasteiger partial charge in [-0.1, -0.05) is 0 Å². The minimum absolute atomic E-state index is 0.00406. The number of rotatable bonds is 9. The van der Waals surface area contributed by atoms with Crippen LogP contribution in [0.3, 0.4) is 0 Å². The zero-order valence-corrected chi connectivity index (χ0v) is 17.1. The van der Waals surface area contributed by atoms with Gasteiger partial charge >= 0.3 is 0 Å². The van der Waals surface area contributed by atoms with Crippen LogP contribution in [0.2, 0.25) is 0 Å². The van der Waals surface area contributed by atoms with Gasteiger partial charge < -0.3 is 14.2 Å². The molecular weight excluding hydrogens is 413 g/mol. The molecule has 3 aromatic rings. The first-order valence-electron chi connectivity index (χ1n) is 8.87. The molecule has 2 aromatic carbocycles. The Hall–Kier alpha value is -3.24. The Bertz CT molecular complexity index is 1090. The predicted octanol–water partition coefficient (Wildman–Crippen LogP) is 2.66. The number of halogens is 1. The molecule has 0 saturated carbocycles. The Labute approximate surface area is 173 Å². The van der Waals surface area contributed by atoms with Crippen molar-refractivity contribution in [2.45, 2.75) is 4.90 Å². The summed E-state index contributed by atoms with van der Waals surface area (Å²) in [5.74, 6) is 0.495. The van der Waals surface area contributed by atoms with Gasteiger partial charge in [-0.3, -0.25) is 0 Å². The molecule has 0 saturated heterocycles. The van der Waals surface area contributed by atoms with Crippen molar-refractivity contribution in [3.05, 3.63) is 60.4 Å². The maximum atomic E-state index is 13.0. The zero-order valence-electron chi connectivity index (χ0n) is 16.3. The number of nitrogens with zero attached hydrogens (tertiary/aromatic N) is 2. The van der Waals surface area contributed by atoms with Gasteiger partial charge in [0.25, 0.3) is 0 Å². The van der Waals surface area contributed by atoms with Crippen molar-refractivity contribution < 1.29 is 27.0 Å². The number of nitrogens with one attached hydrogen (secondary N) is 1. The van der Waals surface area contributed by atoms with Gasteiger partial charge in [0, 0.05) is 24.2 Å². The van der Waals surface area contributed by atoms with Gasteiger partial charge in [-0.15, -0.1) is 10.2 Å². The van der Waals surface area contributed by atoms with Gasteiger partial charge in [0.2, 0.25) is 15.9 Å². The van der Waals surface area contributed by atoms with Crippen LogP contribution in [0.4, 0.5) is 4.39 Å². The summed E-state index contributed by atoms with van der Waals surface area (Å²) in [6.45, 7) is 0.0418. The van der Waals surface area contributed by atoms with Gasteiger partial charge in [0.05, 0.1) is 19.9 Å². The Morgan fingerprint density at radius 3 is 2.37 bits per heavy atom. The second kappa shape index (κ2) is 9.51. The first-order valence-corrected chi connectivity index (χ1v) is 10.4. The van der Waals surface area contributed by atoms with Crippen LogP contribution in [-0.4, -0.2) is 46.0 Å². The average molecular weight is 433 g/mol. The standard InChI is InChI=1S/C20H20FN3O5S/c1-27-16-7-9-18(28-2)19(13-16)30(25,26)22-11-12-29-20-10-8-17(23-24-20)14-3-5-15(21)6-4-14/h3-10,13,22H,11-12H2,1-2H3. The lowest BCUT2D eigenvalue weighted by molar-refractivity contribution is 0.307. The van der Waals surface area contributed by atoms with E-state index in [1.807, 2.05) is 0 Å². The summed E-state index contributed by atoms with van der Waals surface area (Å²) in [5.41, 5.74) is 1.28. The summed E-state index contributed by atoms with van der Waals surface area (Å²) in [6.07, 6.45) is 0. The summed E-state index contributed by atoms with van der Waals surface area (Å²) in [7, 11) is -1.00. The van der Waals surface area contributed by atoms with E-state index < -0.39 is 10.0 Å². The lowest BCUT2D eigenvalue weighted by Crippen LogP contribution is -2.28. The highest BCUT2D eigenvalue weighted by atomic mass is 32.2. The molecule has 0 aliphatic carbocycles. The fourth-order valence-electron chi connectivity index (χ4n) is 2.58. The first kappa shape index (κ1) is 21.5. The van der Waals surface area contributed by atoms with Crippen LogP contribution in [-0.2, 0) is 10.0 Å². The Balaban J connectivity index is 1.57. The summed E-state index contributed by atoms with van der Waals surface area (Å²) < 4.78 is 56.2. The third-order valence-electron chi connectivity index (χ3n) is 4.08. The largest absolute Gasteiger partial charge is 0.497 e. The lowest BCUT2D eigenvalue weighted by Gasteiger charge is -2.12. The Morgan fingerprint density at radius 1 is 0.967 bits per heavy atom. The minimum atomic E-state index is -3.84. The van der Waals surface area contributed by atoms with Crippen LogP contribution in [0.1, 0.15) is 0 Å². The molecule has 0 unspecified atom stereocenters. The van der Waals surface area contributed by atoms with Crippen molar-refractivity contribution in [2.24, 2.45) is 0 Å². The van der Waals surface area contributed by atoms with Gasteiger partial charge in [-0.05, 0) is 42.5 Å². The monoisotopic (exact) mass is 433 g/mol. The normalized spacial score (nSPS) is 11.2. The molecule has 1 N–H and O–H groups in total. The molecule has 0 aliphatic rings. The van der Waals surface area contributed by atoms with Gasteiger partial charge in [0.1, 0.15) is 28.8 Å². The van der Waals surface area contributed by atoms with E-state index in [0.29, 0.717) is 11.4 Å². The quantitative estimate of drug-likeness (QED) is 0.518. The summed E-state index contributed by atoms with van der Waals surface area (Å²) in [6, 6.07) is 13.7. The maximum absolute atomic E-state index is 13.0. The number of aromatic nitrogens is 2. The van der Waals surface area contributed by atoms with Crippen molar-refractivity contribution >= 4 is 10.0 Å². The smallest absolute Gasteiger partial charge is 0.244 e. The van der Waals surface area contributed by atoms with Crippen LogP contribution in [0.5, 0.6) is 17.4 Å². The molecule has 0 bridgehead atoms. The SMILES string of the molecule is COc1ccc(OC)c(S(=O)(=O)NCCOc2ccc(-c3ccc(F)cc3)nn2)c1. The van der Waals surface area contributed by atoms with Crippen molar-refractivity contribution in [3.63, 3.8) is 0 Å². The number of hydrogen-bond acceptors (Lipinski definition) is 7. The van der Waals surface area contributed by atoms with E-state index in [9.17, 15) is 12.8 Å². The van der Waals surface area contributed by atoms with E-state index in [0.717, 1.165) is 5.56 Å².